The number of methoxy groups -OCH3 is 2. The molecule has 346 valence electrons. The van der Waals surface area contributed by atoms with E-state index in [2.05, 4.69) is 20.1 Å². The summed E-state index contributed by atoms with van der Waals surface area (Å²) < 4.78 is 62.2. The lowest BCUT2D eigenvalue weighted by Crippen LogP contribution is -2.45. The van der Waals surface area contributed by atoms with Crippen LogP contribution in [0.1, 0.15) is 57.1 Å². The van der Waals surface area contributed by atoms with Gasteiger partial charge in [0.15, 0.2) is 0 Å². The van der Waals surface area contributed by atoms with Crippen molar-refractivity contribution in [3.8, 4) is 28.0 Å². The van der Waals surface area contributed by atoms with Crippen molar-refractivity contribution < 1.29 is 75.8 Å². The molecule has 3 rings (SSSR count). The summed E-state index contributed by atoms with van der Waals surface area (Å²) in [7, 11) is 2.74. The summed E-state index contributed by atoms with van der Waals surface area (Å²) in [5.74, 6) is -7.17. The standard InChI is InChI=1S/C48H57FO15/c1-7-9-10-11-12-13-34-14-20-40(41(49)26-34)36-17-21-39(37(27-36)28-60-42(50)8-2)35-15-18-38(19-16-35)61-29-48(30-62-43(51)33(3)4,31-63-46(54)44(52)58-24-22-56-5)32-64-47(55)45(53)59-25-23-57-6/h8,14-21,26-27H,2-3,7,9-13,22-25,28-32H2,1,4-6H3. The van der Waals surface area contributed by atoms with Gasteiger partial charge < -0.3 is 42.6 Å². The number of benzene rings is 3. The second-order valence-corrected chi connectivity index (χ2v) is 14.7. The van der Waals surface area contributed by atoms with E-state index in [1.807, 2.05) is 6.07 Å². The van der Waals surface area contributed by atoms with Crippen molar-refractivity contribution in [2.24, 2.45) is 5.41 Å². The second-order valence-electron chi connectivity index (χ2n) is 14.7. The lowest BCUT2D eigenvalue weighted by Gasteiger charge is -2.31. The zero-order valence-corrected chi connectivity index (χ0v) is 36.9. The molecule has 0 N–H and O–H groups in total. The molecule has 0 saturated carbocycles. The van der Waals surface area contributed by atoms with Crippen LogP contribution in [0.3, 0.4) is 0 Å². The second kappa shape index (κ2) is 27.6. The van der Waals surface area contributed by atoms with Gasteiger partial charge in [0, 0.05) is 31.4 Å². The van der Waals surface area contributed by atoms with Crippen LogP contribution in [0.2, 0.25) is 0 Å². The van der Waals surface area contributed by atoms with Gasteiger partial charge in [0.1, 0.15) is 63.2 Å². The quantitative estimate of drug-likeness (QED) is 0.0254. The maximum Gasteiger partial charge on any atom is 0.417 e. The molecule has 3 aromatic rings. The van der Waals surface area contributed by atoms with Crippen molar-refractivity contribution in [1.82, 2.24) is 0 Å². The number of rotatable bonds is 27. The number of unbranched alkanes of at least 4 members (excludes halogenated alkanes) is 4. The van der Waals surface area contributed by atoms with E-state index >= 15 is 4.39 Å². The summed E-state index contributed by atoms with van der Waals surface area (Å²) in [4.78, 5) is 74.6. The van der Waals surface area contributed by atoms with Crippen molar-refractivity contribution in [2.45, 2.75) is 59.0 Å². The van der Waals surface area contributed by atoms with Crippen molar-refractivity contribution in [1.29, 1.82) is 0 Å². The number of hydrogen-bond donors (Lipinski definition) is 0. The third-order valence-corrected chi connectivity index (χ3v) is 9.52. The number of carbonyl (C=O) groups excluding carboxylic acids is 6. The molecule has 15 nitrogen and oxygen atoms in total. The number of hydrogen-bond acceptors (Lipinski definition) is 15. The molecule has 16 heteroatoms. The number of ether oxygens (including phenoxy) is 9. The number of aryl methyl sites for hydroxylation is 1. The van der Waals surface area contributed by atoms with E-state index in [1.54, 1.807) is 54.6 Å². The van der Waals surface area contributed by atoms with Crippen LogP contribution in [0.4, 0.5) is 4.39 Å². The van der Waals surface area contributed by atoms with Gasteiger partial charge in [-0.15, -0.1) is 0 Å². The predicted octanol–water partition coefficient (Wildman–Crippen LogP) is 6.85. The molecular weight excluding hydrogens is 836 g/mol. The number of carbonyl (C=O) groups is 6. The van der Waals surface area contributed by atoms with Crippen LogP contribution in [0, 0.1) is 11.2 Å². The first kappa shape index (κ1) is 52.0. The summed E-state index contributed by atoms with van der Waals surface area (Å²) >= 11 is 0. The first-order valence-corrected chi connectivity index (χ1v) is 20.7. The minimum Gasteiger partial charge on any atom is -0.493 e. The molecule has 0 amide bonds. The Balaban J connectivity index is 1.92. The summed E-state index contributed by atoms with van der Waals surface area (Å²) in [5.41, 5.74) is 2.07. The van der Waals surface area contributed by atoms with E-state index in [0.717, 1.165) is 43.7 Å². The molecule has 0 aliphatic carbocycles. The highest BCUT2D eigenvalue weighted by Gasteiger charge is 2.39. The molecule has 0 unspecified atom stereocenters. The van der Waals surface area contributed by atoms with Crippen LogP contribution in [0.15, 0.2) is 85.5 Å². The lowest BCUT2D eigenvalue weighted by atomic mass is 9.92. The van der Waals surface area contributed by atoms with Gasteiger partial charge in [-0.2, -0.15) is 0 Å². The zero-order valence-electron chi connectivity index (χ0n) is 36.9. The zero-order chi connectivity index (χ0) is 46.9. The summed E-state index contributed by atoms with van der Waals surface area (Å²) in [6, 6.07) is 17.1. The Morgan fingerprint density at radius 3 is 1.72 bits per heavy atom. The highest BCUT2D eigenvalue weighted by molar-refractivity contribution is 6.30. The number of halogens is 1. The van der Waals surface area contributed by atoms with Gasteiger partial charge in [0.2, 0.25) is 0 Å². The first-order valence-electron chi connectivity index (χ1n) is 20.7. The Morgan fingerprint density at radius 1 is 0.625 bits per heavy atom. The molecule has 0 aliphatic rings. The molecule has 0 spiro atoms. The van der Waals surface area contributed by atoms with Gasteiger partial charge in [-0.05, 0) is 71.8 Å². The van der Waals surface area contributed by atoms with Crippen LogP contribution in [-0.4, -0.2) is 103 Å². The van der Waals surface area contributed by atoms with Crippen molar-refractivity contribution >= 4 is 35.8 Å². The molecule has 0 heterocycles. The minimum absolute atomic E-state index is 0.00598. The highest BCUT2D eigenvalue weighted by atomic mass is 19.1. The minimum atomic E-state index is -1.73. The Morgan fingerprint density at radius 2 is 1.17 bits per heavy atom. The maximum absolute atomic E-state index is 15.5. The van der Waals surface area contributed by atoms with Gasteiger partial charge in [-0.1, -0.05) is 82.2 Å². The van der Waals surface area contributed by atoms with E-state index in [9.17, 15) is 28.8 Å². The fourth-order valence-electron chi connectivity index (χ4n) is 5.92. The Kier molecular flexibility index (Phi) is 22.4. The molecular formula is C48H57FO15. The average Bonchev–Trinajstić information content (AvgIpc) is 3.30. The van der Waals surface area contributed by atoms with Crippen molar-refractivity contribution in [3.05, 3.63) is 102 Å². The Labute approximate surface area is 372 Å². The topological polar surface area (TPSA) is 185 Å². The van der Waals surface area contributed by atoms with Gasteiger partial charge in [-0.3, -0.25) is 0 Å². The lowest BCUT2D eigenvalue weighted by molar-refractivity contribution is -0.179. The fourth-order valence-corrected chi connectivity index (χ4v) is 5.92. The van der Waals surface area contributed by atoms with Crippen LogP contribution in [0.25, 0.3) is 22.3 Å². The molecule has 0 bridgehead atoms. The van der Waals surface area contributed by atoms with Gasteiger partial charge in [0.05, 0.1) is 13.2 Å². The SMILES string of the molecule is C=CC(=O)OCc1cc(-c2ccc(CCCCCCC)cc2F)ccc1-c1ccc(OCC(COC(=O)C(=C)C)(COC(=O)C(=O)OCCOC)COC(=O)C(=O)OCCOC)cc1. The largest absolute Gasteiger partial charge is 0.493 e. The predicted molar refractivity (Wildman–Crippen MR) is 231 cm³/mol. The van der Waals surface area contributed by atoms with Gasteiger partial charge in [-0.25, -0.2) is 33.2 Å². The summed E-state index contributed by atoms with van der Waals surface area (Å²) in [5, 5.41) is 0. The Bertz CT molecular complexity index is 2020. The molecule has 64 heavy (non-hydrogen) atoms. The van der Waals surface area contributed by atoms with Crippen LogP contribution < -0.4 is 4.74 Å². The fraction of sp³-hybridized carbons (Fsp3) is 0.417. The molecule has 3 aromatic carbocycles. The highest BCUT2D eigenvalue weighted by Crippen LogP contribution is 2.33. The molecule has 0 fully saturated rings. The third-order valence-electron chi connectivity index (χ3n) is 9.52. The van der Waals surface area contributed by atoms with E-state index in [-0.39, 0.29) is 50.2 Å². The van der Waals surface area contributed by atoms with Gasteiger partial charge in [0.25, 0.3) is 0 Å². The monoisotopic (exact) mass is 892 g/mol. The average molecular weight is 893 g/mol. The summed E-state index contributed by atoms with van der Waals surface area (Å²) in [6.45, 7) is 7.38. The molecule has 0 aromatic heterocycles. The van der Waals surface area contributed by atoms with Gasteiger partial charge >= 0.3 is 35.8 Å². The molecule has 0 radical (unpaired) electrons. The summed E-state index contributed by atoms with van der Waals surface area (Å²) in [6.07, 6.45) is 7.38. The Hall–Kier alpha value is -6.39. The molecule has 0 saturated heterocycles. The van der Waals surface area contributed by atoms with E-state index < -0.39 is 67.7 Å². The normalized spacial score (nSPS) is 10.9. The van der Waals surface area contributed by atoms with E-state index in [1.165, 1.54) is 27.6 Å². The first-order chi connectivity index (χ1) is 30.8. The number of esters is 6. The van der Waals surface area contributed by atoms with Crippen molar-refractivity contribution in [3.63, 3.8) is 0 Å². The van der Waals surface area contributed by atoms with Crippen molar-refractivity contribution in [2.75, 3.05) is 67.1 Å². The maximum atomic E-state index is 15.5. The van der Waals surface area contributed by atoms with Crippen LogP contribution in [-0.2, 0) is 79.7 Å². The van der Waals surface area contributed by atoms with E-state index in [0.29, 0.717) is 27.8 Å². The van der Waals surface area contributed by atoms with E-state index in [4.69, 9.17) is 42.6 Å². The molecule has 0 aliphatic heterocycles. The van der Waals surface area contributed by atoms with Crippen LogP contribution in [0.5, 0.6) is 5.75 Å². The van der Waals surface area contributed by atoms with Crippen LogP contribution >= 0.6 is 0 Å². The smallest absolute Gasteiger partial charge is 0.417 e. The third kappa shape index (κ3) is 17.4. The molecule has 0 atom stereocenters.